The van der Waals surface area contributed by atoms with Gasteiger partial charge in [-0.25, -0.2) is 4.79 Å². The third kappa shape index (κ3) is 3.77. The summed E-state index contributed by atoms with van der Waals surface area (Å²) in [7, 11) is 1.92. The van der Waals surface area contributed by atoms with Crippen LogP contribution in [0.3, 0.4) is 0 Å². The van der Waals surface area contributed by atoms with Crippen molar-refractivity contribution >= 4 is 27.6 Å². The average molecular weight is 383 g/mol. The Morgan fingerprint density at radius 3 is 2.91 bits per heavy atom. The number of rotatable bonds is 2. The van der Waals surface area contributed by atoms with E-state index in [4.69, 9.17) is 4.74 Å². The van der Waals surface area contributed by atoms with Crippen molar-refractivity contribution in [2.45, 2.75) is 18.9 Å². The fraction of sp³-hybridized carbons (Fsp3) is 0.625. The molecule has 2 fully saturated rings. The van der Waals surface area contributed by atoms with Crippen molar-refractivity contribution in [3.8, 4) is 0 Å². The maximum absolute atomic E-state index is 12.7. The van der Waals surface area contributed by atoms with Crippen LogP contribution in [0.15, 0.2) is 22.9 Å². The van der Waals surface area contributed by atoms with Crippen LogP contribution in [0.5, 0.6) is 0 Å². The van der Waals surface area contributed by atoms with E-state index < -0.39 is 0 Å². The maximum atomic E-state index is 12.7. The molecular formula is C16H23BrN4O2. The van der Waals surface area contributed by atoms with Gasteiger partial charge in [-0.15, -0.1) is 0 Å². The van der Waals surface area contributed by atoms with E-state index in [-0.39, 0.29) is 12.1 Å². The second kappa shape index (κ2) is 7.49. The van der Waals surface area contributed by atoms with Crippen molar-refractivity contribution in [2.24, 2.45) is 0 Å². The quantitative estimate of drug-likeness (QED) is 0.786. The highest BCUT2D eigenvalue weighted by atomic mass is 79.9. The third-order valence-corrected chi connectivity index (χ3v) is 5.23. The molecule has 2 aliphatic heterocycles. The van der Waals surface area contributed by atoms with Crippen LogP contribution in [-0.2, 0) is 4.74 Å². The van der Waals surface area contributed by atoms with Gasteiger partial charge in [-0.1, -0.05) is 0 Å². The standard InChI is InChI=1S/C16H23BrN4O2/c1-19(16(22)20-7-9-23-10-8-20)13-3-2-6-21(12-13)15-4-5-18-11-14(15)17/h4-5,11,13H,2-3,6-10,12H2,1H3. The molecule has 6 nitrogen and oxygen atoms in total. The summed E-state index contributed by atoms with van der Waals surface area (Å²) in [6, 6.07) is 2.38. The highest BCUT2D eigenvalue weighted by Crippen LogP contribution is 2.28. The topological polar surface area (TPSA) is 48.9 Å². The molecule has 2 aliphatic rings. The number of aromatic nitrogens is 1. The van der Waals surface area contributed by atoms with Gasteiger partial charge in [0, 0.05) is 45.6 Å². The number of halogens is 1. The number of morpholine rings is 1. The largest absolute Gasteiger partial charge is 0.378 e. The van der Waals surface area contributed by atoms with E-state index in [1.807, 2.05) is 35.3 Å². The molecule has 3 rings (SSSR count). The molecule has 0 aliphatic carbocycles. The number of anilines is 1. The lowest BCUT2D eigenvalue weighted by Gasteiger charge is -2.41. The monoisotopic (exact) mass is 382 g/mol. The summed E-state index contributed by atoms with van der Waals surface area (Å²) < 4.78 is 6.33. The Bertz CT molecular complexity index is 551. The van der Waals surface area contributed by atoms with Crippen LogP contribution in [0.25, 0.3) is 0 Å². The first-order valence-corrected chi connectivity index (χ1v) is 8.90. The number of pyridine rings is 1. The number of hydrogen-bond donors (Lipinski definition) is 0. The number of amides is 2. The number of hydrogen-bond acceptors (Lipinski definition) is 4. The Hall–Kier alpha value is -1.34. The fourth-order valence-electron chi connectivity index (χ4n) is 3.25. The SMILES string of the molecule is CN(C(=O)N1CCOCC1)C1CCCN(c2ccncc2Br)C1. The molecule has 1 aromatic heterocycles. The van der Waals surface area contributed by atoms with Gasteiger partial charge in [0.15, 0.2) is 0 Å². The van der Waals surface area contributed by atoms with Crippen LogP contribution in [-0.4, -0.2) is 73.3 Å². The van der Waals surface area contributed by atoms with Crippen LogP contribution in [0, 0.1) is 0 Å². The zero-order chi connectivity index (χ0) is 16.2. The van der Waals surface area contributed by atoms with Gasteiger partial charge in [0.1, 0.15) is 0 Å². The van der Waals surface area contributed by atoms with Crippen LogP contribution >= 0.6 is 15.9 Å². The van der Waals surface area contributed by atoms with Gasteiger partial charge < -0.3 is 19.4 Å². The lowest BCUT2D eigenvalue weighted by molar-refractivity contribution is 0.0414. The molecule has 0 bridgehead atoms. The lowest BCUT2D eigenvalue weighted by atomic mass is 10.0. The van der Waals surface area contributed by atoms with Crippen LogP contribution < -0.4 is 4.90 Å². The number of carbonyl (C=O) groups excluding carboxylic acids is 1. The summed E-state index contributed by atoms with van der Waals surface area (Å²) in [6.07, 6.45) is 5.76. The Labute approximate surface area is 145 Å². The van der Waals surface area contributed by atoms with Crippen LogP contribution in [0.1, 0.15) is 12.8 Å². The predicted octanol–water partition coefficient (Wildman–Crippen LogP) is 2.20. The summed E-state index contributed by atoms with van der Waals surface area (Å²) in [5.74, 6) is 0. The molecule has 1 atom stereocenters. The number of urea groups is 1. The molecule has 3 heterocycles. The Morgan fingerprint density at radius 1 is 1.39 bits per heavy atom. The minimum absolute atomic E-state index is 0.119. The van der Waals surface area contributed by atoms with E-state index in [1.165, 1.54) is 0 Å². The second-order valence-corrected chi connectivity index (χ2v) is 6.92. The lowest BCUT2D eigenvalue weighted by Crippen LogP contribution is -2.54. The summed E-state index contributed by atoms with van der Waals surface area (Å²) in [5.41, 5.74) is 1.15. The summed E-state index contributed by atoms with van der Waals surface area (Å²) in [5, 5.41) is 0. The van der Waals surface area contributed by atoms with E-state index in [2.05, 4.69) is 25.8 Å². The van der Waals surface area contributed by atoms with E-state index in [0.29, 0.717) is 26.3 Å². The van der Waals surface area contributed by atoms with Crippen molar-refractivity contribution in [2.75, 3.05) is 51.3 Å². The first-order valence-electron chi connectivity index (χ1n) is 8.11. The first-order chi connectivity index (χ1) is 11.2. The van der Waals surface area contributed by atoms with Crippen LogP contribution in [0.4, 0.5) is 10.5 Å². The number of piperidine rings is 1. The van der Waals surface area contributed by atoms with Crippen molar-refractivity contribution < 1.29 is 9.53 Å². The van der Waals surface area contributed by atoms with Crippen molar-refractivity contribution in [1.29, 1.82) is 0 Å². The Morgan fingerprint density at radius 2 is 2.17 bits per heavy atom. The van der Waals surface area contributed by atoms with E-state index >= 15 is 0 Å². The normalized spacial score (nSPS) is 22.1. The van der Waals surface area contributed by atoms with Crippen molar-refractivity contribution in [1.82, 2.24) is 14.8 Å². The molecule has 0 aromatic carbocycles. The van der Waals surface area contributed by atoms with Gasteiger partial charge in [0.25, 0.3) is 0 Å². The summed E-state index contributed by atoms with van der Waals surface area (Å²) >= 11 is 3.57. The predicted molar refractivity (Wildman–Crippen MR) is 92.7 cm³/mol. The Balaban J connectivity index is 1.65. The molecule has 126 valence electrons. The van der Waals surface area contributed by atoms with Crippen molar-refractivity contribution in [3.05, 3.63) is 22.9 Å². The molecular weight excluding hydrogens is 360 g/mol. The zero-order valence-corrected chi connectivity index (χ0v) is 15.0. The summed E-state index contributed by atoms with van der Waals surface area (Å²) in [6.45, 7) is 4.53. The number of carbonyl (C=O) groups is 1. The minimum atomic E-state index is 0.119. The number of ether oxygens (including phenoxy) is 1. The molecule has 0 N–H and O–H groups in total. The molecule has 2 saturated heterocycles. The average Bonchev–Trinajstić information content (AvgIpc) is 2.62. The molecule has 2 amide bonds. The maximum Gasteiger partial charge on any atom is 0.320 e. The van der Waals surface area contributed by atoms with Gasteiger partial charge in [-0.2, -0.15) is 0 Å². The van der Waals surface area contributed by atoms with Gasteiger partial charge in [-0.3, -0.25) is 4.98 Å². The van der Waals surface area contributed by atoms with E-state index in [1.54, 1.807) is 0 Å². The third-order valence-electron chi connectivity index (χ3n) is 4.62. The molecule has 0 radical (unpaired) electrons. The van der Waals surface area contributed by atoms with Gasteiger partial charge in [-0.05, 0) is 34.8 Å². The first kappa shape index (κ1) is 16.5. The number of nitrogens with zero attached hydrogens (tertiary/aromatic N) is 4. The molecule has 0 saturated carbocycles. The highest BCUT2D eigenvalue weighted by molar-refractivity contribution is 9.10. The molecule has 1 unspecified atom stereocenters. The van der Waals surface area contributed by atoms with Crippen LogP contribution in [0.2, 0.25) is 0 Å². The fourth-order valence-corrected chi connectivity index (χ4v) is 3.75. The zero-order valence-electron chi connectivity index (χ0n) is 13.4. The minimum Gasteiger partial charge on any atom is -0.378 e. The van der Waals surface area contributed by atoms with Gasteiger partial charge in [0.2, 0.25) is 0 Å². The molecule has 23 heavy (non-hydrogen) atoms. The molecule has 7 heteroatoms. The van der Waals surface area contributed by atoms with Gasteiger partial charge in [0.05, 0.1) is 29.4 Å². The van der Waals surface area contributed by atoms with Gasteiger partial charge >= 0.3 is 6.03 Å². The van der Waals surface area contributed by atoms with E-state index in [9.17, 15) is 4.79 Å². The second-order valence-electron chi connectivity index (χ2n) is 6.06. The summed E-state index contributed by atoms with van der Waals surface area (Å²) in [4.78, 5) is 22.9. The van der Waals surface area contributed by atoms with E-state index in [0.717, 1.165) is 36.1 Å². The smallest absolute Gasteiger partial charge is 0.320 e. The number of likely N-dealkylation sites (N-methyl/N-ethyl adjacent to an activating group) is 1. The Kier molecular flexibility index (Phi) is 5.38. The van der Waals surface area contributed by atoms with Crippen molar-refractivity contribution in [3.63, 3.8) is 0 Å². The molecule has 1 aromatic rings. The highest BCUT2D eigenvalue weighted by Gasteiger charge is 2.30. The molecule has 0 spiro atoms.